The summed E-state index contributed by atoms with van der Waals surface area (Å²) in [4.78, 5) is 4.26. The van der Waals surface area contributed by atoms with Crippen molar-refractivity contribution in [3.8, 4) is 0 Å². The lowest BCUT2D eigenvalue weighted by Gasteiger charge is -2.16. The number of nitrogens with one attached hydrogen (secondary N) is 1. The zero-order chi connectivity index (χ0) is 11.1. The monoisotopic (exact) mass is 208 g/mol. The van der Waals surface area contributed by atoms with Crippen molar-refractivity contribution in [2.24, 2.45) is 0 Å². The molecule has 1 aromatic heterocycles. The first-order valence-corrected chi connectivity index (χ1v) is 5.56. The predicted molar refractivity (Wildman–Crippen MR) is 61.6 cm³/mol. The predicted octanol–water partition coefficient (Wildman–Crippen LogP) is 1.89. The van der Waals surface area contributed by atoms with Gasteiger partial charge in [-0.15, -0.1) is 0 Å². The first-order chi connectivity index (χ1) is 7.24. The van der Waals surface area contributed by atoms with Crippen LogP contribution in [0.3, 0.4) is 0 Å². The Morgan fingerprint density at radius 1 is 1.47 bits per heavy atom. The van der Waals surface area contributed by atoms with Gasteiger partial charge in [0.05, 0.1) is 11.8 Å². The molecule has 0 saturated carbocycles. The van der Waals surface area contributed by atoms with Crippen molar-refractivity contribution >= 4 is 0 Å². The quantitative estimate of drug-likeness (QED) is 0.750. The van der Waals surface area contributed by atoms with E-state index in [2.05, 4.69) is 24.1 Å². The average molecular weight is 208 g/mol. The van der Waals surface area contributed by atoms with Crippen LogP contribution in [0.1, 0.15) is 38.4 Å². The van der Waals surface area contributed by atoms with Crippen molar-refractivity contribution in [2.75, 3.05) is 6.54 Å². The normalized spacial score (nSPS) is 14.9. The summed E-state index contributed by atoms with van der Waals surface area (Å²) in [6.07, 6.45) is 3.40. The van der Waals surface area contributed by atoms with E-state index >= 15 is 0 Å². The van der Waals surface area contributed by atoms with Crippen molar-refractivity contribution < 1.29 is 5.11 Å². The van der Waals surface area contributed by atoms with Crippen LogP contribution in [0.15, 0.2) is 24.4 Å². The highest BCUT2D eigenvalue weighted by Gasteiger charge is 2.08. The van der Waals surface area contributed by atoms with E-state index in [9.17, 15) is 5.11 Å². The Bertz CT molecular complexity index is 264. The van der Waals surface area contributed by atoms with Crippen LogP contribution in [0.5, 0.6) is 0 Å². The number of aromatic nitrogens is 1. The second kappa shape index (κ2) is 6.53. The van der Waals surface area contributed by atoms with E-state index in [0.717, 1.165) is 18.5 Å². The molecule has 15 heavy (non-hydrogen) atoms. The number of aliphatic hydroxyl groups is 1. The molecule has 0 bridgehead atoms. The summed E-state index contributed by atoms with van der Waals surface area (Å²) in [5.41, 5.74) is 1.01. The van der Waals surface area contributed by atoms with Gasteiger partial charge in [-0.3, -0.25) is 4.98 Å². The fraction of sp³-hybridized carbons (Fsp3) is 0.583. The smallest absolute Gasteiger partial charge is 0.0664 e. The van der Waals surface area contributed by atoms with Gasteiger partial charge in [-0.25, -0.2) is 0 Å². The van der Waals surface area contributed by atoms with Gasteiger partial charge in [0.25, 0.3) is 0 Å². The molecule has 0 aliphatic rings. The lowest BCUT2D eigenvalue weighted by molar-refractivity contribution is 0.157. The van der Waals surface area contributed by atoms with E-state index in [4.69, 9.17) is 0 Å². The van der Waals surface area contributed by atoms with Crippen molar-refractivity contribution in [3.05, 3.63) is 30.1 Å². The first-order valence-electron chi connectivity index (χ1n) is 5.56. The minimum Gasteiger partial charge on any atom is -0.392 e. The molecule has 2 N–H and O–H groups in total. The maximum atomic E-state index is 9.56. The second-order valence-corrected chi connectivity index (χ2v) is 3.83. The molecule has 2 atom stereocenters. The van der Waals surface area contributed by atoms with E-state index in [1.807, 2.05) is 18.2 Å². The molecule has 3 heteroatoms. The summed E-state index contributed by atoms with van der Waals surface area (Å²) in [7, 11) is 0. The summed E-state index contributed by atoms with van der Waals surface area (Å²) >= 11 is 0. The van der Waals surface area contributed by atoms with Crippen molar-refractivity contribution in [1.82, 2.24) is 10.3 Å². The van der Waals surface area contributed by atoms with E-state index < -0.39 is 0 Å². The molecule has 0 spiro atoms. The van der Waals surface area contributed by atoms with E-state index in [-0.39, 0.29) is 12.1 Å². The highest BCUT2D eigenvalue weighted by atomic mass is 16.3. The standard InChI is InChI=1S/C12H20N2O/c1-3-6-11(15)9-14-10(2)12-7-4-5-8-13-12/h4-5,7-8,10-11,14-15H,3,6,9H2,1-2H3. The largest absolute Gasteiger partial charge is 0.392 e. The molecule has 0 amide bonds. The van der Waals surface area contributed by atoms with Crippen LogP contribution in [-0.2, 0) is 0 Å². The van der Waals surface area contributed by atoms with Gasteiger partial charge in [0.2, 0.25) is 0 Å². The van der Waals surface area contributed by atoms with Gasteiger partial charge in [0.15, 0.2) is 0 Å². The van der Waals surface area contributed by atoms with Gasteiger partial charge in [0, 0.05) is 18.8 Å². The lowest BCUT2D eigenvalue weighted by Crippen LogP contribution is -2.29. The SMILES string of the molecule is CCCC(O)CNC(C)c1ccccn1. The Morgan fingerprint density at radius 3 is 2.87 bits per heavy atom. The van der Waals surface area contributed by atoms with Crippen LogP contribution in [-0.4, -0.2) is 22.7 Å². The number of rotatable bonds is 6. The molecule has 0 aliphatic heterocycles. The third-order valence-corrected chi connectivity index (χ3v) is 2.41. The summed E-state index contributed by atoms with van der Waals surface area (Å²) in [5.74, 6) is 0. The van der Waals surface area contributed by atoms with E-state index in [0.29, 0.717) is 6.54 Å². The molecule has 0 aromatic carbocycles. The molecular weight excluding hydrogens is 188 g/mol. The number of hydrogen-bond donors (Lipinski definition) is 2. The summed E-state index contributed by atoms with van der Waals surface area (Å²) < 4.78 is 0. The highest BCUT2D eigenvalue weighted by Crippen LogP contribution is 2.07. The van der Waals surface area contributed by atoms with Crippen LogP contribution in [0.25, 0.3) is 0 Å². The minimum absolute atomic E-state index is 0.192. The molecule has 0 radical (unpaired) electrons. The van der Waals surface area contributed by atoms with Gasteiger partial charge in [-0.1, -0.05) is 19.4 Å². The molecule has 2 unspecified atom stereocenters. The lowest BCUT2D eigenvalue weighted by atomic mass is 10.1. The molecule has 1 heterocycles. The average Bonchev–Trinajstić information content (AvgIpc) is 2.27. The number of nitrogens with zero attached hydrogens (tertiary/aromatic N) is 1. The third kappa shape index (κ3) is 4.40. The van der Waals surface area contributed by atoms with E-state index in [1.54, 1.807) is 6.20 Å². The first kappa shape index (κ1) is 12.1. The van der Waals surface area contributed by atoms with Gasteiger partial charge in [-0.2, -0.15) is 0 Å². The van der Waals surface area contributed by atoms with Crippen molar-refractivity contribution in [1.29, 1.82) is 0 Å². The molecule has 0 aliphatic carbocycles. The fourth-order valence-electron chi connectivity index (χ4n) is 1.48. The van der Waals surface area contributed by atoms with Gasteiger partial charge in [0.1, 0.15) is 0 Å². The van der Waals surface area contributed by atoms with Gasteiger partial charge >= 0.3 is 0 Å². The molecule has 0 fully saturated rings. The van der Waals surface area contributed by atoms with Crippen LogP contribution < -0.4 is 5.32 Å². The van der Waals surface area contributed by atoms with Crippen molar-refractivity contribution in [3.63, 3.8) is 0 Å². The molecule has 1 rings (SSSR count). The van der Waals surface area contributed by atoms with Gasteiger partial charge in [-0.05, 0) is 25.5 Å². The van der Waals surface area contributed by atoms with Crippen molar-refractivity contribution in [2.45, 2.75) is 38.8 Å². The Hall–Kier alpha value is -0.930. The molecular formula is C12H20N2O. The Labute approximate surface area is 91.5 Å². The maximum Gasteiger partial charge on any atom is 0.0664 e. The molecule has 1 aromatic rings. The number of hydrogen-bond acceptors (Lipinski definition) is 3. The topological polar surface area (TPSA) is 45.1 Å². The zero-order valence-corrected chi connectivity index (χ0v) is 9.48. The Balaban J connectivity index is 2.33. The second-order valence-electron chi connectivity index (χ2n) is 3.83. The fourth-order valence-corrected chi connectivity index (χ4v) is 1.48. The minimum atomic E-state index is -0.249. The summed E-state index contributed by atoms with van der Waals surface area (Å²) in [6, 6.07) is 6.06. The van der Waals surface area contributed by atoms with Crippen LogP contribution in [0.2, 0.25) is 0 Å². The molecule has 84 valence electrons. The molecule has 0 saturated heterocycles. The number of aliphatic hydroxyl groups excluding tert-OH is 1. The summed E-state index contributed by atoms with van der Waals surface area (Å²) in [5, 5.41) is 12.8. The Morgan fingerprint density at radius 2 is 2.27 bits per heavy atom. The Kier molecular flexibility index (Phi) is 5.29. The summed E-state index contributed by atoms with van der Waals surface area (Å²) in [6.45, 7) is 4.76. The maximum absolute atomic E-state index is 9.56. The van der Waals surface area contributed by atoms with Crippen LogP contribution in [0, 0.1) is 0 Å². The van der Waals surface area contributed by atoms with Crippen LogP contribution in [0.4, 0.5) is 0 Å². The van der Waals surface area contributed by atoms with E-state index in [1.165, 1.54) is 0 Å². The highest BCUT2D eigenvalue weighted by molar-refractivity contribution is 5.07. The third-order valence-electron chi connectivity index (χ3n) is 2.41. The number of pyridine rings is 1. The molecule has 3 nitrogen and oxygen atoms in total. The van der Waals surface area contributed by atoms with Gasteiger partial charge < -0.3 is 10.4 Å². The zero-order valence-electron chi connectivity index (χ0n) is 9.48. The van der Waals surface area contributed by atoms with Crippen LogP contribution >= 0.6 is 0 Å².